The lowest BCUT2D eigenvalue weighted by atomic mass is 9.98. The van der Waals surface area contributed by atoms with Gasteiger partial charge in [0.05, 0.1) is 0 Å². The van der Waals surface area contributed by atoms with E-state index >= 15 is 0 Å². The number of aromatic nitrogens is 1. The fraction of sp³-hybridized carbons (Fsp3) is 0.214. The molecule has 0 radical (unpaired) electrons. The fourth-order valence-corrected chi connectivity index (χ4v) is 2.04. The minimum absolute atomic E-state index is 0.0683. The summed E-state index contributed by atoms with van der Waals surface area (Å²) in [4.78, 5) is 3.92. The number of nitrogens with zero attached hydrogens (tertiary/aromatic N) is 1. The molecule has 0 amide bonds. The summed E-state index contributed by atoms with van der Waals surface area (Å²) < 4.78 is 21.5. The van der Waals surface area contributed by atoms with Gasteiger partial charge in [-0.2, -0.15) is 0 Å². The Hall–Kier alpha value is -1.52. The van der Waals surface area contributed by atoms with Gasteiger partial charge in [-0.3, -0.25) is 4.21 Å². The van der Waals surface area contributed by atoms with E-state index in [1.54, 1.807) is 12.3 Å². The molecule has 1 aromatic heterocycles. The van der Waals surface area contributed by atoms with E-state index in [9.17, 15) is 8.76 Å². The van der Waals surface area contributed by atoms with E-state index in [2.05, 4.69) is 31.0 Å². The standard InChI is InChI=1S/C14H15NO2S/c1-10(2)11-4-3-5-12(8-11)13-6-7-14(15-9-13)18(16)17/h3-10H,1-2H3,(H,16,17)/p-1. The van der Waals surface area contributed by atoms with Crippen molar-refractivity contribution in [2.75, 3.05) is 0 Å². The molecule has 0 spiro atoms. The number of hydrogen-bond acceptors (Lipinski definition) is 3. The maximum atomic E-state index is 10.7. The third-order valence-electron chi connectivity index (χ3n) is 2.79. The van der Waals surface area contributed by atoms with Gasteiger partial charge in [-0.1, -0.05) is 44.2 Å². The van der Waals surface area contributed by atoms with Crippen LogP contribution in [0.15, 0.2) is 47.6 Å². The fourth-order valence-electron chi connectivity index (χ4n) is 1.73. The number of hydrogen-bond donors (Lipinski definition) is 0. The third kappa shape index (κ3) is 2.83. The molecule has 3 nitrogen and oxygen atoms in total. The predicted octanol–water partition coefficient (Wildman–Crippen LogP) is 3.11. The van der Waals surface area contributed by atoms with Crippen molar-refractivity contribution in [2.24, 2.45) is 0 Å². The summed E-state index contributed by atoms with van der Waals surface area (Å²) in [6.45, 7) is 4.28. The summed E-state index contributed by atoms with van der Waals surface area (Å²) in [6.07, 6.45) is 1.59. The van der Waals surface area contributed by atoms with Crippen molar-refractivity contribution in [2.45, 2.75) is 24.8 Å². The van der Waals surface area contributed by atoms with Gasteiger partial charge in [-0.15, -0.1) is 0 Å². The smallest absolute Gasteiger partial charge is 0.113 e. The molecule has 0 aliphatic carbocycles. The van der Waals surface area contributed by atoms with Crippen molar-refractivity contribution < 1.29 is 8.76 Å². The van der Waals surface area contributed by atoms with Crippen molar-refractivity contribution in [1.29, 1.82) is 0 Å². The van der Waals surface area contributed by atoms with E-state index in [1.807, 2.05) is 12.1 Å². The van der Waals surface area contributed by atoms with E-state index in [0.717, 1.165) is 11.1 Å². The number of rotatable bonds is 3. The maximum Gasteiger partial charge on any atom is 0.113 e. The lowest BCUT2D eigenvalue weighted by Crippen LogP contribution is -1.93. The van der Waals surface area contributed by atoms with Gasteiger partial charge >= 0.3 is 0 Å². The molecule has 18 heavy (non-hydrogen) atoms. The van der Waals surface area contributed by atoms with Gasteiger partial charge < -0.3 is 4.55 Å². The van der Waals surface area contributed by atoms with Gasteiger partial charge in [0.1, 0.15) is 5.03 Å². The summed E-state index contributed by atoms with van der Waals surface area (Å²) in [5.41, 5.74) is 3.23. The molecular formula is C14H14NO2S-. The van der Waals surface area contributed by atoms with Gasteiger partial charge in [-0.25, -0.2) is 4.98 Å². The molecule has 94 valence electrons. The van der Waals surface area contributed by atoms with Crippen LogP contribution in [0.2, 0.25) is 0 Å². The van der Waals surface area contributed by atoms with E-state index in [0.29, 0.717) is 5.92 Å². The zero-order chi connectivity index (χ0) is 13.1. The molecule has 0 aliphatic rings. The molecule has 1 atom stereocenters. The highest BCUT2D eigenvalue weighted by Crippen LogP contribution is 2.23. The van der Waals surface area contributed by atoms with Crippen LogP contribution in [-0.4, -0.2) is 13.7 Å². The van der Waals surface area contributed by atoms with Crippen molar-refractivity contribution in [1.82, 2.24) is 4.98 Å². The van der Waals surface area contributed by atoms with Crippen LogP contribution in [0.1, 0.15) is 25.3 Å². The molecule has 1 aromatic carbocycles. The Morgan fingerprint density at radius 1 is 1.17 bits per heavy atom. The lowest BCUT2D eigenvalue weighted by Gasteiger charge is -2.09. The van der Waals surface area contributed by atoms with E-state index < -0.39 is 11.1 Å². The minimum Gasteiger partial charge on any atom is -0.767 e. The largest absolute Gasteiger partial charge is 0.767 e. The molecule has 0 N–H and O–H groups in total. The first-order chi connectivity index (χ1) is 8.58. The number of benzene rings is 1. The number of pyridine rings is 1. The van der Waals surface area contributed by atoms with Crippen molar-refractivity contribution in [3.05, 3.63) is 48.2 Å². The van der Waals surface area contributed by atoms with Crippen LogP contribution in [0, 0.1) is 0 Å². The van der Waals surface area contributed by atoms with Crippen LogP contribution < -0.4 is 0 Å². The summed E-state index contributed by atoms with van der Waals surface area (Å²) >= 11 is -2.27. The molecule has 0 saturated carbocycles. The quantitative estimate of drug-likeness (QED) is 0.797. The van der Waals surface area contributed by atoms with Crippen molar-refractivity contribution in [3.8, 4) is 11.1 Å². The highest BCUT2D eigenvalue weighted by molar-refractivity contribution is 7.79. The highest BCUT2D eigenvalue weighted by atomic mass is 32.2. The molecule has 4 heteroatoms. The zero-order valence-electron chi connectivity index (χ0n) is 10.3. The average Bonchev–Trinajstić information content (AvgIpc) is 2.39. The minimum atomic E-state index is -2.27. The van der Waals surface area contributed by atoms with Gasteiger partial charge in [0.2, 0.25) is 0 Å². The van der Waals surface area contributed by atoms with Gasteiger partial charge in [0.15, 0.2) is 0 Å². The second kappa shape index (κ2) is 5.42. The van der Waals surface area contributed by atoms with Gasteiger partial charge in [0, 0.05) is 11.8 Å². The second-order valence-electron chi connectivity index (χ2n) is 4.40. The molecule has 2 rings (SSSR count). The maximum absolute atomic E-state index is 10.7. The van der Waals surface area contributed by atoms with Gasteiger partial charge in [-0.05, 0) is 34.2 Å². The third-order valence-corrected chi connectivity index (χ3v) is 3.38. The molecule has 1 unspecified atom stereocenters. The lowest BCUT2D eigenvalue weighted by molar-refractivity contribution is 0.533. The molecule has 2 aromatic rings. The van der Waals surface area contributed by atoms with Crippen LogP contribution >= 0.6 is 0 Å². The Labute approximate surface area is 109 Å². The summed E-state index contributed by atoms with van der Waals surface area (Å²) in [5, 5.41) is 0.0683. The Kier molecular flexibility index (Phi) is 3.89. The normalized spacial score (nSPS) is 12.7. The first kappa shape index (κ1) is 12.9. The Bertz CT molecular complexity index is 564. The zero-order valence-corrected chi connectivity index (χ0v) is 11.1. The van der Waals surface area contributed by atoms with E-state index in [4.69, 9.17) is 0 Å². The molecule has 0 fully saturated rings. The van der Waals surface area contributed by atoms with Crippen LogP contribution in [0.4, 0.5) is 0 Å². The molecule has 0 aliphatic heterocycles. The predicted molar refractivity (Wildman–Crippen MR) is 70.9 cm³/mol. The Morgan fingerprint density at radius 2 is 1.94 bits per heavy atom. The molecular weight excluding hydrogens is 246 g/mol. The average molecular weight is 260 g/mol. The molecule has 0 bridgehead atoms. The topological polar surface area (TPSA) is 53.0 Å². The molecule has 0 saturated heterocycles. The monoisotopic (exact) mass is 260 g/mol. The summed E-state index contributed by atoms with van der Waals surface area (Å²) in [7, 11) is 0. The van der Waals surface area contributed by atoms with Crippen LogP contribution in [-0.2, 0) is 11.1 Å². The SMILES string of the molecule is CC(C)c1cccc(-c2ccc(S(=O)[O-])nc2)c1. The Morgan fingerprint density at radius 3 is 2.50 bits per heavy atom. The van der Waals surface area contributed by atoms with Crippen molar-refractivity contribution in [3.63, 3.8) is 0 Å². The first-order valence-corrected chi connectivity index (χ1v) is 6.81. The van der Waals surface area contributed by atoms with E-state index in [1.165, 1.54) is 11.6 Å². The van der Waals surface area contributed by atoms with Gasteiger partial charge in [0.25, 0.3) is 0 Å². The first-order valence-electron chi connectivity index (χ1n) is 5.73. The van der Waals surface area contributed by atoms with Crippen LogP contribution in [0.3, 0.4) is 0 Å². The molecule has 1 heterocycles. The Balaban J connectivity index is 2.36. The van der Waals surface area contributed by atoms with Crippen LogP contribution in [0.25, 0.3) is 11.1 Å². The summed E-state index contributed by atoms with van der Waals surface area (Å²) in [5.74, 6) is 0.464. The second-order valence-corrected chi connectivity index (χ2v) is 5.29. The highest BCUT2D eigenvalue weighted by Gasteiger charge is 2.03. The summed E-state index contributed by atoms with van der Waals surface area (Å²) in [6, 6.07) is 11.5. The van der Waals surface area contributed by atoms with Crippen molar-refractivity contribution >= 4 is 11.1 Å². The van der Waals surface area contributed by atoms with E-state index in [-0.39, 0.29) is 5.03 Å². The van der Waals surface area contributed by atoms with Crippen LogP contribution in [0.5, 0.6) is 0 Å².